The molecule has 2 atom stereocenters. The molecule has 23 heavy (non-hydrogen) atoms. The van der Waals surface area contributed by atoms with Gasteiger partial charge in [0.15, 0.2) is 0 Å². The van der Waals surface area contributed by atoms with Crippen LogP contribution >= 0.6 is 0 Å². The van der Waals surface area contributed by atoms with Crippen LogP contribution in [0, 0.1) is 0 Å². The fourth-order valence-corrected chi connectivity index (χ4v) is 2.03. The number of aliphatic hydroxyl groups excluding tert-OH is 2. The van der Waals surface area contributed by atoms with Gasteiger partial charge in [-0.2, -0.15) is 0 Å². The van der Waals surface area contributed by atoms with Crippen LogP contribution in [0.15, 0.2) is 18.2 Å². The molecule has 7 nitrogen and oxygen atoms in total. The zero-order chi connectivity index (χ0) is 17.1. The molecule has 0 aromatic heterocycles. The van der Waals surface area contributed by atoms with E-state index < -0.39 is 12.2 Å². The van der Waals surface area contributed by atoms with E-state index in [1.807, 2.05) is 0 Å². The number of para-hydroxylation sites is 1. The van der Waals surface area contributed by atoms with Crippen molar-refractivity contribution in [2.75, 3.05) is 51.2 Å². The maximum atomic E-state index is 10.00. The number of hydrogen-bond acceptors (Lipinski definition) is 7. The minimum atomic E-state index is -0.574. The van der Waals surface area contributed by atoms with Gasteiger partial charge in [-0.3, -0.25) is 0 Å². The van der Waals surface area contributed by atoms with Crippen LogP contribution in [0.2, 0.25) is 0 Å². The minimum Gasteiger partial charge on any atom is -0.506 e. The number of benzene rings is 1. The second-order valence-electron chi connectivity index (χ2n) is 5.33. The molecule has 1 aromatic rings. The van der Waals surface area contributed by atoms with E-state index in [4.69, 9.17) is 9.47 Å². The van der Waals surface area contributed by atoms with Gasteiger partial charge in [-0.1, -0.05) is 6.07 Å². The summed E-state index contributed by atoms with van der Waals surface area (Å²) >= 11 is 0. The Morgan fingerprint density at radius 3 is 2.09 bits per heavy atom. The number of nitrogens with one attached hydrogen (secondary N) is 2. The second kappa shape index (κ2) is 11.1. The lowest BCUT2D eigenvalue weighted by molar-refractivity contribution is 0.117. The van der Waals surface area contributed by atoms with E-state index in [0.717, 1.165) is 0 Å². The van der Waals surface area contributed by atoms with Crippen molar-refractivity contribution in [2.45, 2.75) is 25.0 Å². The highest BCUT2D eigenvalue weighted by Crippen LogP contribution is 2.31. The highest BCUT2D eigenvalue weighted by Gasteiger charge is 2.11. The molecule has 5 N–H and O–H groups in total. The summed E-state index contributed by atoms with van der Waals surface area (Å²) in [7, 11) is 3.17. The first kappa shape index (κ1) is 19.5. The topological polar surface area (TPSA) is 103 Å². The average molecular weight is 328 g/mol. The molecule has 0 aliphatic rings. The zero-order valence-electron chi connectivity index (χ0n) is 13.8. The number of methoxy groups -OCH3 is 2. The molecule has 0 saturated heterocycles. The predicted octanol–water partition coefficient (Wildman–Crippen LogP) is 1.01. The number of phenolic OH excluding ortho intramolecular Hbond substituents is 1. The standard InChI is InChI=1S/C16H28N2O5/c1-22-8-6-12(19)10-17-14-4-3-5-15(21)16(14)18-11-13(20)7-9-23-2/h3-5,12-13,17-21H,6-11H2,1-2H3. The second-order valence-corrected chi connectivity index (χ2v) is 5.33. The number of phenols is 1. The van der Waals surface area contributed by atoms with Crippen molar-refractivity contribution in [3.8, 4) is 5.75 Å². The summed E-state index contributed by atoms with van der Waals surface area (Å²) in [6.45, 7) is 1.59. The number of aromatic hydroxyl groups is 1. The largest absolute Gasteiger partial charge is 0.506 e. The fourth-order valence-electron chi connectivity index (χ4n) is 2.03. The Morgan fingerprint density at radius 1 is 0.957 bits per heavy atom. The third kappa shape index (κ3) is 7.51. The summed E-state index contributed by atoms with van der Waals surface area (Å²) in [6.07, 6.45) is -0.0803. The lowest BCUT2D eigenvalue weighted by Gasteiger charge is -2.19. The van der Waals surface area contributed by atoms with Crippen molar-refractivity contribution in [3.05, 3.63) is 18.2 Å². The van der Waals surface area contributed by atoms with E-state index >= 15 is 0 Å². The molecule has 0 heterocycles. The Morgan fingerprint density at radius 2 is 1.52 bits per heavy atom. The van der Waals surface area contributed by atoms with Crippen LogP contribution in [0.1, 0.15) is 12.8 Å². The van der Waals surface area contributed by atoms with E-state index in [2.05, 4.69) is 10.6 Å². The van der Waals surface area contributed by atoms with Crippen LogP contribution in [-0.2, 0) is 9.47 Å². The molecule has 0 fully saturated rings. The first-order valence-electron chi connectivity index (χ1n) is 7.72. The Bertz CT molecular complexity index is 444. The highest BCUT2D eigenvalue weighted by molar-refractivity contribution is 5.75. The SMILES string of the molecule is COCCC(O)CNc1cccc(O)c1NCC(O)CCOC. The van der Waals surface area contributed by atoms with Crippen LogP contribution < -0.4 is 10.6 Å². The average Bonchev–Trinajstić information content (AvgIpc) is 2.55. The molecule has 1 rings (SSSR count). The van der Waals surface area contributed by atoms with Crippen molar-refractivity contribution >= 4 is 11.4 Å². The minimum absolute atomic E-state index is 0.0836. The molecule has 1 aromatic carbocycles. The van der Waals surface area contributed by atoms with Crippen molar-refractivity contribution in [1.82, 2.24) is 0 Å². The lowest BCUT2D eigenvalue weighted by Crippen LogP contribution is -2.23. The summed E-state index contributed by atoms with van der Waals surface area (Å²) in [5, 5.41) is 35.8. The zero-order valence-corrected chi connectivity index (χ0v) is 13.8. The molecular weight excluding hydrogens is 300 g/mol. The van der Waals surface area contributed by atoms with Gasteiger partial charge in [0.05, 0.1) is 17.9 Å². The van der Waals surface area contributed by atoms with Crippen LogP contribution in [0.25, 0.3) is 0 Å². The molecule has 132 valence electrons. The number of ether oxygens (including phenoxy) is 2. The van der Waals surface area contributed by atoms with E-state index in [9.17, 15) is 15.3 Å². The Hall–Kier alpha value is -1.54. The maximum Gasteiger partial charge on any atom is 0.140 e. The highest BCUT2D eigenvalue weighted by atomic mass is 16.5. The van der Waals surface area contributed by atoms with Gasteiger partial charge in [0.25, 0.3) is 0 Å². The number of anilines is 2. The Kier molecular flexibility index (Phi) is 9.39. The molecule has 0 amide bonds. The number of aliphatic hydroxyl groups is 2. The van der Waals surface area contributed by atoms with Crippen molar-refractivity contribution < 1.29 is 24.8 Å². The predicted molar refractivity (Wildman–Crippen MR) is 90.1 cm³/mol. The molecule has 0 saturated carbocycles. The normalized spacial score (nSPS) is 13.6. The van der Waals surface area contributed by atoms with Gasteiger partial charge >= 0.3 is 0 Å². The summed E-state index contributed by atoms with van der Waals surface area (Å²) in [5.41, 5.74) is 1.17. The molecule has 7 heteroatoms. The Balaban J connectivity index is 2.57. The third-order valence-electron chi connectivity index (χ3n) is 3.40. The third-order valence-corrected chi connectivity index (χ3v) is 3.40. The maximum absolute atomic E-state index is 10.00. The molecule has 0 bridgehead atoms. The van der Waals surface area contributed by atoms with Crippen molar-refractivity contribution in [3.63, 3.8) is 0 Å². The molecular formula is C16H28N2O5. The van der Waals surface area contributed by atoms with Gasteiger partial charge in [-0.05, 0) is 25.0 Å². The van der Waals surface area contributed by atoms with Crippen LogP contribution in [-0.4, -0.2) is 68.1 Å². The van der Waals surface area contributed by atoms with Crippen molar-refractivity contribution in [2.24, 2.45) is 0 Å². The number of hydrogen-bond donors (Lipinski definition) is 5. The van der Waals surface area contributed by atoms with E-state index in [1.165, 1.54) is 0 Å². The first-order chi connectivity index (χ1) is 11.1. The van der Waals surface area contributed by atoms with Gasteiger partial charge in [0, 0.05) is 40.5 Å². The molecule has 2 unspecified atom stereocenters. The van der Waals surface area contributed by atoms with Gasteiger partial charge in [0.1, 0.15) is 11.4 Å². The molecule has 0 radical (unpaired) electrons. The van der Waals surface area contributed by atoms with Crippen LogP contribution in [0.3, 0.4) is 0 Å². The molecule has 0 spiro atoms. The van der Waals surface area contributed by atoms with E-state index in [0.29, 0.717) is 50.5 Å². The summed E-state index contributed by atoms with van der Waals surface area (Å²) in [4.78, 5) is 0. The van der Waals surface area contributed by atoms with Crippen LogP contribution in [0.5, 0.6) is 5.75 Å². The van der Waals surface area contributed by atoms with E-state index in [1.54, 1.807) is 32.4 Å². The lowest BCUT2D eigenvalue weighted by atomic mass is 10.2. The molecule has 0 aliphatic carbocycles. The number of rotatable bonds is 12. The van der Waals surface area contributed by atoms with E-state index in [-0.39, 0.29) is 5.75 Å². The van der Waals surface area contributed by atoms with Gasteiger partial charge in [-0.25, -0.2) is 0 Å². The summed E-state index contributed by atoms with van der Waals surface area (Å²) in [5.74, 6) is 0.0836. The fraction of sp³-hybridized carbons (Fsp3) is 0.625. The Labute approximate surface area is 137 Å². The quantitative estimate of drug-likeness (QED) is 0.365. The summed E-state index contributed by atoms with van der Waals surface area (Å²) in [6, 6.07) is 5.08. The van der Waals surface area contributed by atoms with Crippen molar-refractivity contribution in [1.29, 1.82) is 0 Å². The van der Waals surface area contributed by atoms with Gasteiger partial charge < -0.3 is 35.4 Å². The smallest absolute Gasteiger partial charge is 0.140 e. The monoisotopic (exact) mass is 328 g/mol. The van der Waals surface area contributed by atoms with Crippen LogP contribution in [0.4, 0.5) is 11.4 Å². The first-order valence-corrected chi connectivity index (χ1v) is 7.72. The van der Waals surface area contributed by atoms with Gasteiger partial charge in [-0.15, -0.1) is 0 Å². The van der Waals surface area contributed by atoms with Gasteiger partial charge in [0.2, 0.25) is 0 Å². The molecule has 0 aliphatic heterocycles. The summed E-state index contributed by atoms with van der Waals surface area (Å²) < 4.78 is 9.85.